The number of ether oxygens (including phenoxy) is 4. The van der Waals surface area contributed by atoms with E-state index in [0.29, 0.717) is 59.8 Å². The largest absolute Gasteiger partial charge is 0.489 e. The number of likely N-dealkylation sites (tertiary alicyclic amines) is 1. The molecule has 4 saturated heterocycles. The Morgan fingerprint density at radius 2 is 1.81 bits per heavy atom. The second kappa shape index (κ2) is 17.4. The van der Waals surface area contributed by atoms with Crippen LogP contribution >= 0.6 is 11.6 Å². The van der Waals surface area contributed by atoms with Crippen LogP contribution in [0.2, 0.25) is 5.02 Å². The maximum Gasteiger partial charge on any atom is 0.293 e. The molecular formula is C44H50ClN9O9. The lowest BCUT2D eigenvalue weighted by molar-refractivity contribution is -0.137. The minimum Gasteiger partial charge on any atom is -0.489 e. The third-order valence-electron chi connectivity index (χ3n) is 12.2. The fourth-order valence-corrected chi connectivity index (χ4v) is 9.26. The van der Waals surface area contributed by atoms with Gasteiger partial charge in [-0.05, 0) is 82.1 Å². The minimum absolute atomic E-state index is 0.0282. The molecule has 0 bridgehead atoms. The Morgan fingerprint density at radius 1 is 1.02 bits per heavy atom. The molecule has 19 heteroatoms. The Bertz CT molecular complexity index is 2530. The van der Waals surface area contributed by atoms with Gasteiger partial charge in [-0.25, -0.2) is 4.98 Å². The van der Waals surface area contributed by atoms with Crippen LogP contribution in [0.5, 0.6) is 11.5 Å². The quantitative estimate of drug-likeness (QED) is 0.137. The van der Waals surface area contributed by atoms with Gasteiger partial charge in [0.2, 0.25) is 17.8 Å². The van der Waals surface area contributed by atoms with Gasteiger partial charge in [0, 0.05) is 68.7 Å². The molecule has 0 saturated carbocycles. The summed E-state index contributed by atoms with van der Waals surface area (Å²) in [6.07, 6.45) is 3.20. The van der Waals surface area contributed by atoms with Crippen LogP contribution in [-0.2, 0) is 23.9 Å². The van der Waals surface area contributed by atoms with Gasteiger partial charge in [0.15, 0.2) is 24.4 Å². The molecule has 3 unspecified atom stereocenters. The van der Waals surface area contributed by atoms with E-state index in [2.05, 4.69) is 30.7 Å². The molecule has 0 radical (unpaired) electrons. The van der Waals surface area contributed by atoms with Gasteiger partial charge >= 0.3 is 0 Å². The zero-order chi connectivity index (χ0) is 44.1. The highest BCUT2D eigenvalue weighted by molar-refractivity contribution is 6.33. The van der Waals surface area contributed by atoms with Crippen LogP contribution in [0.25, 0.3) is 10.9 Å². The Kier molecular flexibility index (Phi) is 11.7. The number of amides is 4. The lowest BCUT2D eigenvalue weighted by Crippen LogP contribution is -2.56. The molecule has 7 heterocycles. The lowest BCUT2D eigenvalue weighted by Gasteiger charge is -2.39. The van der Waals surface area contributed by atoms with E-state index in [9.17, 15) is 24.0 Å². The van der Waals surface area contributed by atoms with Gasteiger partial charge in [0.25, 0.3) is 17.4 Å². The van der Waals surface area contributed by atoms with E-state index in [1.54, 1.807) is 22.9 Å². The molecule has 2 aromatic carbocycles. The Morgan fingerprint density at radius 3 is 2.57 bits per heavy atom. The number of piperidine rings is 3. The van der Waals surface area contributed by atoms with Crippen molar-refractivity contribution < 1.29 is 38.1 Å². The molecule has 63 heavy (non-hydrogen) atoms. The maximum absolute atomic E-state index is 13.7. The molecule has 3 N–H and O–H groups in total. The maximum atomic E-state index is 13.7. The van der Waals surface area contributed by atoms with Crippen LogP contribution in [0.15, 0.2) is 53.5 Å². The predicted molar refractivity (Wildman–Crippen MR) is 232 cm³/mol. The summed E-state index contributed by atoms with van der Waals surface area (Å²) in [6, 6.07) is 11.8. The molecule has 5 aliphatic rings. The highest BCUT2D eigenvalue weighted by Gasteiger charge is 2.56. The summed E-state index contributed by atoms with van der Waals surface area (Å²) in [6.45, 7) is 6.36. The number of halogens is 1. The second-order valence-corrected chi connectivity index (χ2v) is 17.4. The molecular weight excluding hydrogens is 834 g/mol. The van der Waals surface area contributed by atoms with Crippen molar-refractivity contribution in [3.63, 3.8) is 0 Å². The number of carbonyl (C=O) groups is 4. The summed E-state index contributed by atoms with van der Waals surface area (Å²) < 4.78 is 26.3. The number of carbonyl (C=O) groups excluding carboxylic acids is 4. The molecule has 4 fully saturated rings. The Balaban J connectivity index is 0.813. The fourth-order valence-electron chi connectivity index (χ4n) is 9.12. The van der Waals surface area contributed by atoms with Crippen molar-refractivity contribution >= 4 is 63.6 Å². The first kappa shape index (κ1) is 42.5. The zero-order valence-electron chi connectivity index (χ0n) is 35.5. The van der Waals surface area contributed by atoms with Crippen LogP contribution in [0, 0.1) is 0 Å². The SMILES string of the molecule is CNC(=O)COc1cc2cc(Nc3nc(N4CCC(O[C@@H]5C[C@@H](Oc6ccc7c(c6)C(=O)N(C6CCC(=O)NC6=O)C6OC76)CN(C)C5)CC4)ncc3Cl)ccc2n(C(C)C)c1=O. The average molecular weight is 884 g/mol. The highest BCUT2D eigenvalue weighted by atomic mass is 35.5. The molecule has 0 spiro atoms. The first-order valence-electron chi connectivity index (χ1n) is 21.4. The number of anilines is 3. The van der Waals surface area contributed by atoms with Crippen LogP contribution in [-0.4, -0.2) is 125 Å². The van der Waals surface area contributed by atoms with Crippen molar-refractivity contribution in [2.75, 3.05) is 57.1 Å². The van der Waals surface area contributed by atoms with Gasteiger partial charge < -0.3 is 43.9 Å². The molecule has 9 rings (SSSR count). The predicted octanol–water partition coefficient (Wildman–Crippen LogP) is 3.69. The number of pyridine rings is 1. The van der Waals surface area contributed by atoms with Gasteiger partial charge in [0.1, 0.15) is 29.0 Å². The van der Waals surface area contributed by atoms with Crippen molar-refractivity contribution in [3.05, 3.63) is 75.2 Å². The third kappa shape index (κ3) is 8.76. The van der Waals surface area contributed by atoms with E-state index in [1.807, 2.05) is 51.2 Å². The Hall–Kier alpha value is -5.82. The fraction of sp³-hybridized carbons (Fsp3) is 0.477. The van der Waals surface area contributed by atoms with Gasteiger partial charge in [-0.2, -0.15) is 4.98 Å². The van der Waals surface area contributed by atoms with E-state index in [1.165, 1.54) is 11.9 Å². The van der Waals surface area contributed by atoms with Gasteiger partial charge in [-0.1, -0.05) is 17.7 Å². The van der Waals surface area contributed by atoms with Crippen LogP contribution in [0.3, 0.4) is 0 Å². The normalized spacial score (nSPS) is 23.9. The number of imide groups is 1. The first-order valence-corrected chi connectivity index (χ1v) is 21.7. The van der Waals surface area contributed by atoms with Crippen molar-refractivity contribution in [1.29, 1.82) is 0 Å². The van der Waals surface area contributed by atoms with Crippen molar-refractivity contribution in [2.24, 2.45) is 0 Å². The van der Waals surface area contributed by atoms with E-state index in [4.69, 9.17) is 35.5 Å². The number of likely N-dealkylation sites (N-methyl/N-ethyl adjacent to an activating group) is 2. The molecule has 4 amide bonds. The van der Waals surface area contributed by atoms with Crippen molar-refractivity contribution in [2.45, 2.75) is 88.7 Å². The monoisotopic (exact) mass is 883 g/mol. The minimum atomic E-state index is -0.760. The van der Waals surface area contributed by atoms with Crippen LogP contribution in [0.4, 0.5) is 17.5 Å². The molecule has 5 atom stereocenters. The molecule has 4 aromatic rings. The van der Waals surface area contributed by atoms with Crippen molar-refractivity contribution in [1.82, 2.24) is 35.0 Å². The van der Waals surface area contributed by atoms with E-state index < -0.39 is 18.2 Å². The first-order chi connectivity index (χ1) is 30.3. The molecule has 5 aliphatic heterocycles. The number of fused-ring (bicyclic) bond motifs is 4. The van der Waals surface area contributed by atoms with E-state index in [0.717, 1.165) is 35.9 Å². The number of benzene rings is 2. The van der Waals surface area contributed by atoms with E-state index in [-0.39, 0.29) is 78.9 Å². The van der Waals surface area contributed by atoms with Gasteiger partial charge in [0.05, 0.1) is 23.9 Å². The van der Waals surface area contributed by atoms with E-state index >= 15 is 0 Å². The number of nitrogens with zero attached hydrogens (tertiary/aromatic N) is 6. The summed E-state index contributed by atoms with van der Waals surface area (Å²) in [4.78, 5) is 78.4. The number of epoxide rings is 1. The average Bonchev–Trinajstić information content (AvgIpc) is 4.05. The van der Waals surface area contributed by atoms with Crippen LogP contribution in [0.1, 0.15) is 74.0 Å². The number of rotatable bonds is 12. The summed E-state index contributed by atoms with van der Waals surface area (Å²) in [5, 5.41) is 9.25. The smallest absolute Gasteiger partial charge is 0.293 e. The van der Waals surface area contributed by atoms with Gasteiger partial charge in [-0.15, -0.1) is 0 Å². The third-order valence-corrected chi connectivity index (χ3v) is 12.5. The summed E-state index contributed by atoms with van der Waals surface area (Å²) in [5.41, 5.74) is 2.31. The zero-order valence-corrected chi connectivity index (χ0v) is 36.2. The molecule has 332 valence electrons. The number of hydrogen-bond acceptors (Lipinski definition) is 14. The molecule has 18 nitrogen and oxygen atoms in total. The summed E-state index contributed by atoms with van der Waals surface area (Å²) >= 11 is 6.61. The molecule has 2 aromatic heterocycles. The lowest BCUT2D eigenvalue weighted by atomic mass is 9.95. The number of aromatic nitrogens is 3. The molecule has 0 aliphatic carbocycles. The van der Waals surface area contributed by atoms with Gasteiger partial charge in [-0.3, -0.25) is 34.2 Å². The highest BCUT2D eigenvalue weighted by Crippen LogP contribution is 2.49. The Labute approximate surface area is 368 Å². The summed E-state index contributed by atoms with van der Waals surface area (Å²) in [5.74, 6) is 0.152. The van der Waals surface area contributed by atoms with Crippen LogP contribution < -0.4 is 35.9 Å². The number of hydrogen-bond donors (Lipinski definition) is 3. The topological polar surface area (TPSA) is 202 Å². The summed E-state index contributed by atoms with van der Waals surface area (Å²) in [7, 11) is 3.55. The second-order valence-electron chi connectivity index (χ2n) is 17.0. The standard InChI is InChI=1S/C44H50ClN9O9/c1-23(2)53-33-8-5-25(15-24(33)16-35(42(53)59)60-22-37(56)46-3)48-39-32(45)19-47-44(50-39)52-13-11-26(12-14-52)61-28-17-29(21-51(4)20-28)62-27-6-7-30-31(18-27)41(58)54(43-38(30)63-43)34-9-10-36(55)49-40(34)57/h5-8,15-16,18-19,23,26,28-29,34,38,43H,9-14,17,20-22H2,1-4H3,(H,46,56)(H,47,48,50)(H,49,55,57)/t28-,29-,34?,38?,43?/m1/s1. The number of nitrogens with one attached hydrogen (secondary N) is 3. The van der Waals surface area contributed by atoms with Crippen molar-refractivity contribution in [3.8, 4) is 11.5 Å².